The van der Waals surface area contributed by atoms with Gasteiger partial charge in [0.05, 0.1) is 5.56 Å². The van der Waals surface area contributed by atoms with Gasteiger partial charge in [0.1, 0.15) is 4.99 Å². The van der Waals surface area contributed by atoms with Crippen molar-refractivity contribution in [3.05, 3.63) is 40.8 Å². The van der Waals surface area contributed by atoms with Crippen LogP contribution < -0.4 is 11.1 Å². The van der Waals surface area contributed by atoms with Crippen LogP contribution in [0.25, 0.3) is 5.82 Å². The average molecular weight is 289 g/mol. The molecule has 0 unspecified atom stereocenters. The van der Waals surface area contributed by atoms with E-state index >= 15 is 0 Å². The second-order valence-electron chi connectivity index (χ2n) is 4.37. The summed E-state index contributed by atoms with van der Waals surface area (Å²) < 4.78 is 1.51. The SMILES string of the molecule is CNC(=O)c1ccn(-c2nc(C)cc(C)c2C(N)=S)n1. The Balaban J connectivity index is 2.60. The van der Waals surface area contributed by atoms with Crippen LogP contribution in [0.2, 0.25) is 0 Å². The Bertz CT molecular complexity index is 692. The van der Waals surface area contributed by atoms with Crippen molar-refractivity contribution in [2.24, 2.45) is 5.73 Å². The monoisotopic (exact) mass is 289 g/mol. The van der Waals surface area contributed by atoms with E-state index in [1.807, 2.05) is 19.9 Å². The average Bonchev–Trinajstić information content (AvgIpc) is 2.85. The molecule has 0 fully saturated rings. The standard InChI is InChI=1S/C13H15N5OS/c1-7-6-8(2)16-12(10(7)11(14)20)18-5-4-9(17-18)13(19)15-3/h4-6H,1-3H3,(H2,14,20)(H,15,19). The molecule has 6 nitrogen and oxygen atoms in total. The highest BCUT2D eigenvalue weighted by Crippen LogP contribution is 2.17. The summed E-state index contributed by atoms with van der Waals surface area (Å²) in [5.74, 6) is 0.273. The fourth-order valence-electron chi connectivity index (χ4n) is 1.98. The Hall–Kier alpha value is -2.28. The topological polar surface area (TPSA) is 85.8 Å². The summed E-state index contributed by atoms with van der Waals surface area (Å²) in [5.41, 5.74) is 8.49. The summed E-state index contributed by atoms with van der Waals surface area (Å²) in [4.78, 5) is 16.2. The summed E-state index contributed by atoms with van der Waals surface area (Å²) in [6.07, 6.45) is 1.66. The van der Waals surface area contributed by atoms with Gasteiger partial charge in [-0.2, -0.15) is 5.10 Å². The van der Waals surface area contributed by atoms with Gasteiger partial charge in [0.25, 0.3) is 5.91 Å². The third kappa shape index (κ3) is 2.53. The van der Waals surface area contributed by atoms with E-state index in [-0.39, 0.29) is 10.9 Å². The fraction of sp³-hybridized carbons (Fsp3) is 0.231. The minimum atomic E-state index is -0.259. The van der Waals surface area contributed by atoms with Crippen molar-refractivity contribution in [3.63, 3.8) is 0 Å². The number of thiocarbonyl (C=S) groups is 1. The van der Waals surface area contributed by atoms with Crippen molar-refractivity contribution in [2.45, 2.75) is 13.8 Å². The van der Waals surface area contributed by atoms with Gasteiger partial charge in [-0.1, -0.05) is 12.2 Å². The van der Waals surface area contributed by atoms with Crippen molar-refractivity contribution in [3.8, 4) is 5.82 Å². The van der Waals surface area contributed by atoms with Gasteiger partial charge < -0.3 is 11.1 Å². The number of hydrogen-bond donors (Lipinski definition) is 2. The molecule has 0 aliphatic carbocycles. The first-order valence-electron chi connectivity index (χ1n) is 6.00. The number of carbonyl (C=O) groups is 1. The molecule has 3 N–H and O–H groups in total. The number of aryl methyl sites for hydroxylation is 2. The van der Waals surface area contributed by atoms with Crippen molar-refractivity contribution >= 4 is 23.1 Å². The van der Waals surface area contributed by atoms with Crippen LogP contribution in [-0.4, -0.2) is 32.7 Å². The molecular formula is C13H15N5OS. The van der Waals surface area contributed by atoms with Crippen molar-refractivity contribution in [1.29, 1.82) is 0 Å². The Kier molecular flexibility index (Phi) is 3.80. The van der Waals surface area contributed by atoms with E-state index in [1.54, 1.807) is 19.3 Å². The lowest BCUT2D eigenvalue weighted by molar-refractivity contribution is 0.0957. The molecule has 0 saturated heterocycles. The Morgan fingerprint density at radius 2 is 2.15 bits per heavy atom. The van der Waals surface area contributed by atoms with E-state index in [0.29, 0.717) is 17.1 Å². The molecule has 0 saturated carbocycles. The molecule has 2 aromatic rings. The molecule has 0 aliphatic heterocycles. The number of nitrogens with zero attached hydrogens (tertiary/aromatic N) is 3. The first kappa shape index (κ1) is 14.1. The molecule has 0 atom stereocenters. The highest BCUT2D eigenvalue weighted by atomic mass is 32.1. The summed E-state index contributed by atoms with van der Waals surface area (Å²) in [5, 5.41) is 6.72. The van der Waals surface area contributed by atoms with Crippen LogP contribution in [0, 0.1) is 13.8 Å². The van der Waals surface area contributed by atoms with E-state index < -0.39 is 0 Å². The Morgan fingerprint density at radius 3 is 2.75 bits per heavy atom. The fourth-order valence-corrected chi connectivity index (χ4v) is 2.23. The highest BCUT2D eigenvalue weighted by molar-refractivity contribution is 7.80. The number of carbonyl (C=O) groups excluding carboxylic acids is 1. The zero-order valence-corrected chi connectivity index (χ0v) is 12.3. The number of aromatic nitrogens is 3. The molecule has 1 amide bonds. The largest absolute Gasteiger partial charge is 0.389 e. The van der Waals surface area contributed by atoms with Crippen LogP contribution in [0.1, 0.15) is 27.3 Å². The zero-order chi connectivity index (χ0) is 14.9. The van der Waals surface area contributed by atoms with Gasteiger partial charge in [0, 0.05) is 18.9 Å². The molecular weight excluding hydrogens is 274 g/mol. The van der Waals surface area contributed by atoms with Crippen LogP contribution in [0.3, 0.4) is 0 Å². The van der Waals surface area contributed by atoms with E-state index in [4.69, 9.17) is 18.0 Å². The lowest BCUT2D eigenvalue weighted by atomic mass is 10.1. The van der Waals surface area contributed by atoms with E-state index in [9.17, 15) is 4.79 Å². The predicted molar refractivity (Wildman–Crippen MR) is 80.1 cm³/mol. The molecule has 2 heterocycles. The second-order valence-corrected chi connectivity index (χ2v) is 4.81. The smallest absolute Gasteiger partial charge is 0.271 e. The third-order valence-corrected chi connectivity index (χ3v) is 3.04. The van der Waals surface area contributed by atoms with Gasteiger partial charge >= 0.3 is 0 Å². The quantitative estimate of drug-likeness (QED) is 0.819. The van der Waals surface area contributed by atoms with Crippen molar-refractivity contribution < 1.29 is 4.79 Å². The number of pyridine rings is 1. The van der Waals surface area contributed by atoms with Gasteiger partial charge in [0.2, 0.25) is 0 Å². The predicted octanol–water partition coefficient (Wildman–Crippen LogP) is 0.878. The number of nitrogens with one attached hydrogen (secondary N) is 1. The lowest BCUT2D eigenvalue weighted by Gasteiger charge is -2.11. The molecule has 0 aliphatic rings. The van der Waals surface area contributed by atoms with Gasteiger partial charge in [-0.05, 0) is 31.5 Å². The maximum Gasteiger partial charge on any atom is 0.271 e. The molecule has 7 heteroatoms. The molecule has 0 bridgehead atoms. The Morgan fingerprint density at radius 1 is 1.45 bits per heavy atom. The minimum Gasteiger partial charge on any atom is -0.389 e. The van der Waals surface area contributed by atoms with Crippen LogP contribution in [0.5, 0.6) is 0 Å². The maximum atomic E-state index is 11.6. The molecule has 0 spiro atoms. The molecule has 20 heavy (non-hydrogen) atoms. The van der Waals surface area contributed by atoms with Crippen LogP contribution in [0.15, 0.2) is 18.3 Å². The Labute approximate surface area is 122 Å². The van der Waals surface area contributed by atoms with Crippen molar-refractivity contribution in [2.75, 3.05) is 7.05 Å². The lowest BCUT2D eigenvalue weighted by Crippen LogP contribution is -2.20. The van der Waals surface area contributed by atoms with E-state index in [0.717, 1.165) is 11.3 Å². The molecule has 0 aromatic carbocycles. The van der Waals surface area contributed by atoms with Gasteiger partial charge in [0.15, 0.2) is 11.5 Å². The second kappa shape index (κ2) is 5.38. The summed E-state index contributed by atoms with van der Waals surface area (Å²) in [6, 6.07) is 3.52. The third-order valence-electron chi connectivity index (χ3n) is 2.84. The molecule has 2 rings (SSSR count). The minimum absolute atomic E-state index is 0.252. The van der Waals surface area contributed by atoms with Gasteiger partial charge in [-0.25, -0.2) is 9.67 Å². The van der Waals surface area contributed by atoms with Crippen LogP contribution >= 0.6 is 12.2 Å². The molecule has 2 aromatic heterocycles. The molecule has 104 valence electrons. The van der Waals surface area contributed by atoms with Crippen LogP contribution in [0.4, 0.5) is 0 Å². The van der Waals surface area contributed by atoms with Crippen molar-refractivity contribution in [1.82, 2.24) is 20.1 Å². The highest BCUT2D eigenvalue weighted by Gasteiger charge is 2.15. The number of amides is 1. The van der Waals surface area contributed by atoms with Gasteiger partial charge in [-0.3, -0.25) is 4.79 Å². The maximum absolute atomic E-state index is 11.6. The first-order valence-corrected chi connectivity index (χ1v) is 6.41. The van der Waals surface area contributed by atoms with E-state index in [2.05, 4.69) is 15.4 Å². The van der Waals surface area contributed by atoms with Crippen LogP contribution in [-0.2, 0) is 0 Å². The zero-order valence-electron chi connectivity index (χ0n) is 11.5. The normalized spacial score (nSPS) is 10.3. The first-order chi connectivity index (χ1) is 9.43. The summed E-state index contributed by atoms with van der Waals surface area (Å²) in [7, 11) is 1.55. The van der Waals surface area contributed by atoms with E-state index in [1.165, 1.54) is 4.68 Å². The number of nitrogens with two attached hydrogens (primary N) is 1. The summed E-state index contributed by atoms with van der Waals surface area (Å²) >= 11 is 5.08. The summed E-state index contributed by atoms with van der Waals surface area (Å²) in [6.45, 7) is 3.79. The number of hydrogen-bond acceptors (Lipinski definition) is 4. The molecule has 0 radical (unpaired) electrons. The van der Waals surface area contributed by atoms with Gasteiger partial charge in [-0.15, -0.1) is 0 Å². The number of rotatable bonds is 3.